The number of quaternary nitrogens is 3. The molecule has 2 aliphatic heterocycles. The molecule has 1 fully saturated rings. The van der Waals surface area contributed by atoms with Gasteiger partial charge in [-0.15, -0.1) is 0 Å². The molecule has 0 unspecified atom stereocenters. The molecule has 0 amide bonds. The first-order valence-electron chi connectivity index (χ1n) is 7.31. The van der Waals surface area contributed by atoms with Gasteiger partial charge in [0.25, 0.3) is 0 Å². The maximum atomic E-state index is 2.49. The fourth-order valence-electron chi connectivity index (χ4n) is 3.52. The van der Waals surface area contributed by atoms with Crippen molar-refractivity contribution < 1.29 is 15.1 Å². The van der Waals surface area contributed by atoms with Crippen LogP contribution in [0, 0.1) is 6.92 Å². The van der Waals surface area contributed by atoms with Crippen LogP contribution in [0.15, 0.2) is 18.2 Å². The summed E-state index contributed by atoms with van der Waals surface area (Å²) in [7, 11) is 2.32. The number of hydrogen-bond acceptors (Lipinski definition) is 0. The second kappa shape index (κ2) is 5.00. The van der Waals surface area contributed by atoms with Gasteiger partial charge in [0, 0.05) is 11.1 Å². The first kappa shape index (κ1) is 12.2. The number of nitrogens with two attached hydrogens (primary N) is 1. The van der Waals surface area contributed by atoms with E-state index < -0.39 is 0 Å². The van der Waals surface area contributed by atoms with Crippen molar-refractivity contribution in [2.75, 3.05) is 39.8 Å². The van der Waals surface area contributed by atoms with Gasteiger partial charge in [0.1, 0.15) is 39.3 Å². The third-order valence-electron chi connectivity index (χ3n) is 4.68. The quantitative estimate of drug-likeness (QED) is 0.491. The predicted octanol–water partition coefficient (Wildman–Crippen LogP) is -2.47. The zero-order chi connectivity index (χ0) is 12.5. The number of piperazine rings is 1. The fourth-order valence-corrected chi connectivity index (χ4v) is 3.52. The van der Waals surface area contributed by atoms with Crippen LogP contribution in [0.1, 0.15) is 22.7 Å². The van der Waals surface area contributed by atoms with Gasteiger partial charge in [0.15, 0.2) is 6.04 Å². The summed E-state index contributed by atoms with van der Waals surface area (Å²) in [6, 6.07) is 7.79. The van der Waals surface area contributed by atoms with Crippen molar-refractivity contribution in [3.8, 4) is 0 Å². The average Bonchev–Trinajstić information content (AvgIpc) is 2.38. The lowest BCUT2D eigenvalue weighted by atomic mass is 9.93. The van der Waals surface area contributed by atoms with E-state index in [0.29, 0.717) is 0 Å². The molecule has 4 N–H and O–H groups in total. The molecule has 0 aromatic heterocycles. The summed E-state index contributed by atoms with van der Waals surface area (Å²) in [6.07, 6.45) is 0. The molecule has 0 spiro atoms. The zero-order valence-electron chi connectivity index (χ0n) is 11.6. The molecule has 3 heteroatoms. The Hall–Kier alpha value is -0.900. The maximum Gasteiger partial charge on any atom is 0.163 e. The van der Waals surface area contributed by atoms with Gasteiger partial charge in [0.05, 0.1) is 7.05 Å². The van der Waals surface area contributed by atoms with Crippen molar-refractivity contribution in [2.45, 2.75) is 19.5 Å². The molecule has 2 heterocycles. The Kier molecular flexibility index (Phi) is 3.37. The number of nitrogens with one attached hydrogen (secondary N) is 2. The summed E-state index contributed by atoms with van der Waals surface area (Å²) in [5.74, 6) is 0. The largest absolute Gasteiger partial charge is 0.337 e. The van der Waals surface area contributed by atoms with E-state index in [1.54, 1.807) is 16.0 Å². The summed E-state index contributed by atoms with van der Waals surface area (Å²) in [6.45, 7) is 9.96. The van der Waals surface area contributed by atoms with Crippen LogP contribution in [0.3, 0.4) is 0 Å². The summed E-state index contributed by atoms with van der Waals surface area (Å²) < 4.78 is 0. The van der Waals surface area contributed by atoms with E-state index in [2.05, 4.69) is 37.5 Å². The van der Waals surface area contributed by atoms with Crippen molar-refractivity contribution in [1.82, 2.24) is 0 Å². The van der Waals surface area contributed by atoms with E-state index in [1.165, 1.54) is 44.8 Å². The van der Waals surface area contributed by atoms with Crippen molar-refractivity contribution in [1.29, 1.82) is 0 Å². The third-order valence-corrected chi connectivity index (χ3v) is 4.68. The Morgan fingerprint density at radius 1 is 1.17 bits per heavy atom. The Morgan fingerprint density at radius 3 is 2.72 bits per heavy atom. The van der Waals surface area contributed by atoms with Crippen LogP contribution in [0.4, 0.5) is 0 Å². The topological polar surface area (TPSA) is 25.5 Å². The molecule has 0 saturated carbocycles. The molecule has 0 radical (unpaired) electrons. The number of hydrogen-bond donors (Lipinski definition) is 3. The Morgan fingerprint density at radius 2 is 1.94 bits per heavy atom. The predicted molar refractivity (Wildman–Crippen MR) is 71.7 cm³/mol. The molecule has 1 aromatic carbocycles. The van der Waals surface area contributed by atoms with Crippen molar-refractivity contribution in [2.24, 2.45) is 0 Å². The van der Waals surface area contributed by atoms with Crippen LogP contribution in [-0.2, 0) is 6.54 Å². The Balaban J connectivity index is 1.82. The van der Waals surface area contributed by atoms with E-state index in [9.17, 15) is 0 Å². The van der Waals surface area contributed by atoms with Gasteiger partial charge in [0.2, 0.25) is 0 Å². The van der Waals surface area contributed by atoms with Crippen LogP contribution in [0.25, 0.3) is 0 Å². The number of fused-ring (bicyclic) bond motifs is 1. The number of benzene rings is 1. The van der Waals surface area contributed by atoms with Gasteiger partial charge in [-0.05, 0) is 13.0 Å². The van der Waals surface area contributed by atoms with Gasteiger partial charge < -0.3 is 15.1 Å². The van der Waals surface area contributed by atoms with Crippen molar-refractivity contribution >= 4 is 0 Å². The highest BCUT2D eigenvalue weighted by atomic mass is 15.3. The molecule has 1 saturated heterocycles. The molecule has 98 valence electrons. The van der Waals surface area contributed by atoms with E-state index >= 15 is 0 Å². The number of likely N-dealkylation sites (N-methyl/N-ethyl adjacent to an activating group) is 1. The molecule has 2 aliphatic rings. The normalized spacial score (nSPS) is 32.0. The number of aryl methyl sites for hydroxylation is 1. The highest BCUT2D eigenvalue weighted by Gasteiger charge is 2.34. The smallest absolute Gasteiger partial charge is 0.163 e. The summed E-state index contributed by atoms with van der Waals surface area (Å²) in [5, 5.41) is 2.49. The van der Waals surface area contributed by atoms with Crippen LogP contribution in [0.2, 0.25) is 0 Å². The lowest BCUT2D eigenvalue weighted by Crippen LogP contribution is -3.28. The first-order chi connectivity index (χ1) is 8.74. The second-order valence-electron chi connectivity index (χ2n) is 6.10. The fraction of sp³-hybridized carbons (Fsp3) is 0.600. The molecule has 3 rings (SSSR count). The minimum atomic E-state index is 0.724. The monoisotopic (exact) mass is 248 g/mol. The van der Waals surface area contributed by atoms with E-state index in [4.69, 9.17) is 0 Å². The summed E-state index contributed by atoms with van der Waals surface area (Å²) >= 11 is 0. The zero-order valence-corrected chi connectivity index (χ0v) is 11.6. The maximum absolute atomic E-state index is 2.49. The molecule has 1 atom stereocenters. The molecular weight excluding hydrogens is 222 g/mol. The minimum absolute atomic E-state index is 0.724. The highest BCUT2D eigenvalue weighted by molar-refractivity contribution is 5.33. The average molecular weight is 248 g/mol. The molecule has 1 aromatic rings. The van der Waals surface area contributed by atoms with E-state index in [-0.39, 0.29) is 0 Å². The van der Waals surface area contributed by atoms with E-state index in [0.717, 1.165) is 6.04 Å². The van der Waals surface area contributed by atoms with Gasteiger partial charge >= 0.3 is 0 Å². The number of rotatable bonds is 1. The van der Waals surface area contributed by atoms with Crippen LogP contribution >= 0.6 is 0 Å². The molecule has 0 bridgehead atoms. The Bertz CT molecular complexity index is 422. The van der Waals surface area contributed by atoms with Gasteiger partial charge in [-0.25, -0.2) is 0 Å². The standard InChI is InChI=1S/C15H23N3/c1-12-3-4-14-13(9-12)10-16-11-15(14)18-7-5-17(2)6-8-18/h3-4,9,15-16H,5-8,10-11H2,1-2H3/p+3/t15-/m1/s1. The van der Waals surface area contributed by atoms with Crippen molar-refractivity contribution in [3.05, 3.63) is 34.9 Å². The van der Waals surface area contributed by atoms with Crippen LogP contribution in [-0.4, -0.2) is 39.8 Å². The Labute approximate surface area is 110 Å². The van der Waals surface area contributed by atoms with Gasteiger partial charge in [-0.2, -0.15) is 0 Å². The molecule has 18 heavy (non-hydrogen) atoms. The van der Waals surface area contributed by atoms with Crippen LogP contribution < -0.4 is 15.1 Å². The summed E-state index contributed by atoms with van der Waals surface area (Å²) in [5.41, 5.74) is 4.60. The summed E-state index contributed by atoms with van der Waals surface area (Å²) in [4.78, 5) is 3.50. The lowest BCUT2D eigenvalue weighted by Gasteiger charge is -2.35. The lowest BCUT2D eigenvalue weighted by molar-refractivity contribution is -1.03. The highest BCUT2D eigenvalue weighted by Crippen LogP contribution is 2.18. The molecular formula is C15H26N3+3. The molecule has 3 nitrogen and oxygen atoms in total. The SMILES string of the molecule is Cc1ccc2c(c1)C[NH2+]C[C@H]2[NH+]1CC[NH+](C)CC1. The van der Waals surface area contributed by atoms with Crippen LogP contribution in [0.5, 0.6) is 0 Å². The van der Waals surface area contributed by atoms with E-state index in [1.807, 2.05) is 4.90 Å². The second-order valence-corrected chi connectivity index (χ2v) is 6.10. The first-order valence-corrected chi connectivity index (χ1v) is 7.31. The van der Waals surface area contributed by atoms with Crippen molar-refractivity contribution in [3.63, 3.8) is 0 Å². The third kappa shape index (κ3) is 2.30. The van der Waals surface area contributed by atoms with Gasteiger partial charge in [-0.1, -0.05) is 17.7 Å². The van der Waals surface area contributed by atoms with Gasteiger partial charge in [-0.3, -0.25) is 0 Å². The minimum Gasteiger partial charge on any atom is -0.337 e. The molecule has 0 aliphatic carbocycles.